The SMILES string of the molecule is C=NCc1ccc2c(c1)c1cc(C#N)ccc1n2-c1c(-c2cccc3c2sc2ccccc23)c(-n2c3ccc(C#N)cc3c3cc(C#N)ccc32)c(C#N)c(-n2c3ccc(C#N)cc3c3cc(C=NC)ccc32)c1-c1cccc2c1sc1ccccc12. The number of rotatable bonds is 8. The second-order valence-electron chi connectivity index (χ2n) is 21.6. The van der Waals surface area contributed by atoms with E-state index in [1.54, 1.807) is 29.7 Å². The maximum absolute atomic E-state index is 13.1. The first kappa shape index (κ1) is 50.7. The highest BCUT2D eigenvalue weighted by Gasteiger charge is 2.36. The van der Waals surface area contributed by atoms with Gasteiger partial charge in [-0.1, -0.05) is 84.9 Å². The lowest BCUT2D eigenvalue weighted by Crippen LogP contribution is -2.13. The van der Waals surface area contributed by atoms with E-state index in [-0.39, 0.29) is 0 Å². The molecule has 402 valence electrons. The average Bonchev–Trinajstić information content (AvgIpc) is 1.64. The molecule has 16 aromatic rings. The topological polar surface area (TPSA) is 158 Å². The van der Waals surface area contributed by atoms with E-state index in [1.807, 2.05) is 85.1 Å². The first-order valence-electron chi connectivity index (χ1n) is 28.0. The molecular formula is C75H40N10S2. The molecular weight excluding hydrogens is 1110 g/mol. The third-order valence-electron chi connectivity index (χ3n) is 17.0. The van der Waals surface area contributed by atoms with E-state index in [2.05, 4.69) is 176 Å². The summed E-state index contributed by atoms with van der Waals surface area (Å²) in [6.45, 7) is 4.25. The van der Waals surface area contributed by atoms with E-state index in [0.717, 1.165) is 134 Å². The van der Waals surface area contributed by atoms with Gasteiger partial charge in [0.1, 0.15) is 11.6 Å². The van der Waals surface area contributed by atoms with Gasteiger partial charge < -0.3 is 13.7 Å². The molecule has 0 unspecified atom stereocenters. The minimum atomic E-state index is 0.335. The number of fused-ring (bicyclic) bond motifs is 15. The molecule has 0 bridgehead atoms. The number of nitriles is 5. The number of thiophene rings is 2. The van der Waals surface area contributed by atoms with Crippen molar-refractivity contribution >= 4 is 141 Å². The van der Waals surface area contributed by atoms with E-state index in [9.17, 15) is 26.3 Å². The van der Waals surface area contributed by atoms with Gasteiger partial charge in [-0.2, -0.15) is 26.3 Å². The van der Waals surface area contributed by atoms with Crippen LogP contribution in [0.3, 0.4) is 0 Å². The maximum atomic E-state index is 13.1. The van der Waals surface area contributed by atoms with Crippen LogP contribution < -0.4 is 0 Å². The zero-order chi connectivity index (χ0) is 58.8. The van der Waals surface area contributed by atoms with E-state index in [4.69, 9.17) is 0 Å². The third kappa shape index (κ3) is 7.39. The van der Waals surface area contributed by atoms with Crippen molar-refractivity contribution in [2.45, 2.75) is 6.54 Å². The molecule has 0 radical (unpaired) electrons. The van der Waals surface area contributed by atoms with Crippen molar-refractivity contribution in [1.82, 2.24) is 13.7 Å². The summed E-state index contributed by atoms with van der Waals surface area (Å²) >= 11 is 3.41. The molecule has 5 heterocycles. The van der Waals surface area contributed by atoms with E-state index < -0.39 is 0 Å². The Labute approximate surface area is 504 Å². The summed E-state index contributed by atoms with van der Waals surface area (Å²) in [5, 5.41) is 64.7. The van der Waals surface area contributed by atoms with Crippen LogP contribution in [0.2, 0.25) is 0 Å². The second kappa shape index (κ2) is 19.6. The monoisotopic (exact) mass is 1140 g/mol. The summed E-state index contributed by atoms with van der Waals surface area (Å²) in [5.74, 6) is 0. The molecule has 10 nitrogen and oxygen atoms in total. The molecule has 0 aliphatic heterocycles. The Balaban J connectivity index is 1.27. The number of benzene rings is 11. The van der Waals surface area contributed by atoms with Crippen molar-refractivity contribution in [2.24, 2.45) is 9.98 Å². The van der Waals surface area contributed by atoms with Crippen molar-refractivity contribution in [3.05, 3.63) is 233 Å². The standard InChI is InChI=1S/C75H40N10S2/c1-81-40-46-21-27-64-58(33-46)56-31-44(37-78)19-25-63(56)84(64)72-60(39-80)71(83-61-23-17-42(35-76)29-54(61)55-30-43(36-77)18-24-62(55)83)69(52-13-7-11-50-48-9-3-5-15-67(48)86-74(50)52)73(70(72)53-14-8-12-51-49-10-4-6-16-68(49)87-75(51)53)85-65-26-20-45(38-79)32-57(65)59-34-47(41-82-2)22-28-66(59)85/h3-34,40H,2,41H2,1H3. The molecule has 0 saturated heterocycles. The van der Waals surface area contributed by atoms with Crippen LogP contribution in [0.1, 0.15) is 38.9 Å². The number of hydrogen-bond donors (Lipinski definition) is 0. The molecule has 5 aromatic heterocycles. The number of nitrogens with zero attached hydrogens (tertiary/aromatic N) is 10. The molecule has 0 fully saturated rings. The summed E-state index contributed by atoms with van der Waals surface area (Å²) in [6, 6.07) is 78.0. The van der Waals surface area contributed by atoms with Gasteiger partial charge in [-0.15, -0.1) is 22.7 Å². The summed E-state index contributed by atoms with van der Waals surface area (Å²) < 4.78 is 11.0. The van der Waals surface area contributed by atoms with Crippen LogP contribution in [-0.4, -0.2) is 33.7 Å². The van der Waals surface area contributed by atoms with Crippen molar-refractivity contribution in [3.63, 3.8) is 0 Å². The van der Waals surface area contributed by atoms with Gasteiger partial charge in [0.2, 0.25) is 0 Å². The van der Waals surface area contributed by atoms with E-state index in [0.29, 0.717) is 56.8 Å². The molecule has 11 aromatic carbocycles. The van der Waals surface area contributed by atoms with Crippen molar-refractivity contribution < 1.29 is 0 Å². The molecule has 0 spiro atoms. The quantitative estimate of drug-likeness (QED) is 0.138. The zero-order valence-electron chi connectivity index (χ0n) is 46.3. The fraction of sp³-hybridized carbons (Fsp3) is 0.0267. The number of hydrogen-bond acceptors (Lipinski definition) is 9. The molecule has 12 heteroatoms. The average molecular weight is 1150 g/mol. The Morgan fingerprint density at radius 3 is 1.22 bits per heavy atom. The molecule has 0 atom stereocenters. The molecule has 0 saturated carbocycles. The van der Waals surface area contributed by atoms with Crippen LogP contribution >= 0.6 is 22.7 Å². The highest BCUT2D eigenvalue weighted by molar-refractivity contribution is 7.26. The van der Waals surface area contributed by atoms with Gasteiger partial charge in [-0.25, -0.2) is 0 Å². The predicted molar refractivity (Wildman–Crippen MR) is 356 cm³/mol. The van der Waals surface area contributed by atoms with Crippen LogP contribution in [-0.2, 0) is 6.54 Å². The normalized spacial score (nSPS) is 11.7. The van der Waals surface area contributed by atoms with Gasteiger partial charge in [-0.05, 0) is 127 Å². The van der Waals surface area contributed by atoms with Gasteiger partial charge in [0, 0.05) is 108 Å². The number of aliphatic imine (C=N–C) groups is 2. The van der Waals surface area contributed by atoms with Crippen LogP contribution in [0.15, 0.2) is 204 Å². The molecule has 16 rings (SSSR count). The van der Waals surface area contributed by atoms with Crippen LogP contribution in [0, 0.1) is 56.7 Å². The van der Waals surface area contributed by atoms with Gasteiger partial charge in [0.25, 0.3) is 0 Å². The maximum Gasteiger partial charge on any atom is 0.104 e. The number of aromatic nitrogens is 3. The van der Waals surface area contributed by atoms with Gasteiger partial charge in [0.05, 0.1) is 103 Å². The van der Waals surface area contributed by atoms with Crippen LogP contribution in [0.4, 0.5) is 0 Å². The Bertz CT molecular complexity index is 5970. The van der Waals surface area contributed by atoms with E-state index >= 15 is 0 Å². The summed E-state index contributed by atoms with van der Waals surface area (Å²) in [5.41, 5.74) is 13.7. The lowest BCUT2D eigenvalue weighted by Gasteiger charge is -2.29. The molecule has 87 heavy (non-hydrogen) atoms. The lowest BCUT2D eigenvalue weighted by atomic mass is 9.87. The zero-order valence-corrected chi connectivity index (χ0v) is 47.9. The molecule has 0 aliphatic rings. The smallest absolute Gasteiger partial charge is 0.104 e. The first-order chi connectivity index (χ1) is 42.8. The van der Waals surface area contributed by atoms with Crippen LogP contribution in [0.25, 0.3) is 145 Å². The Hall–Kier alpha value is -12.0. The minimum absolute atomic E-state index is 0.335. The highest BCUT2D eigenvalue weighted by atomic mass is 32.1. The Kier molecular flexibility index (Phi) is 11.4. The third-order valence-corrected chi connectivity index (χ3v) is 19.5. The fourth-order valence-corrected chi connectivity index (χ4v) is 15.9. The fourth-order valence-electron chi connectivity index (χ4n) is 13.5. The van der Waals surface area contributed by atoms with Gasteiger partial charge in [0.15, 0.2) is 0 Å². The predicted octanol–water partition coefficient (Wildman–Crippen LogP) is 18.7. The van der Waals surface area contributed by atoms with Crippen molar-refractivity contribution in [1.29, 1.82) is 26.3 Å². The molecule has 0 N–H and O–H groups in total. The largest absolute Gasteiger partial charge is 0.308 e. The summed E-state index contributed by atoms with van der Waals surface area (Å²) in [4.78, 5) is 8.76. The van der Waals surface area contributed by atoms with Gasteiger partial charge >= 0.3 is 0 Å². The van der Waals surface area contributed by atoms with Gasteiger partial charge in [-0.3, -0.25) is 9.98 Å². The van der Waals surface area contributed by atoms with Crippen molar-refractivity contribution in [3.8, 4) is 69.7 Å². The first-order valence-corrected chi connectivity index (χ1v) is 29.6. The highest BCUT2D eigenvalue weighted by Crippen LogP contribution is 2.56. The Morgan fingerprint density at radius 2 is 0.793 bits per heavy atom. The summed E-state index contributed by atoms with van der Waals surface area (Å²) in [7, 11) is 1.75. The Morgan fingerprint density at radius 1 is 0.402 bits per heavy atom. The second-order valence-corrected chi connectivity index (χ2v) is 23.7. The van der Waals surface area contributed by atoms with Crippen molar-refractivity contribution in [2.75, 3.05) is 7.05 Å². The molecule has 0 amide bonds. The van der Waals surface area contributed by atoms with Crippen LogP contribution in [0.5, 0.6) is 0 Å². The lowest BCUT2D eigenvalue weighted by molar-refractivity contribution is 1.08. The van der Waals surface area contributed by atoms with E-state index in [1.165, 1.54) is 0 Å². The summed E-state index contributed by atoms with van der Waals surface area (Å²) in [6.07, 6.45) is 1.82. The minimum Gasteiger partial charge on any atom is -0.308 e. The molecule has 0 aliphatic carbocycles.